The summed E-state index contributed by atoms with van der Waals surface area (Å²) in [6.07, 6.45) is 3.61. The minimum atomic E-state index is -0.282. The van der Waals surface area contributed by atoms with Gasteiger partial charge in [0.05, 0.1) is 4.47 Å². The number of halogens is 2. The Morgan fingerprint density at radius 3 is 2.82 bits per heavy atom. The standard InChI is InChI=1S/C14H16BrFO/c1-9-2-4-11(6-9)14(17)8-10-3-5-13(16)12(15)7-10/h3,5,7,9,11H,2,4,6,8H2,1H3. The number of hydrogen-bond acceptors (Lipinski definition) is 1. The number of Topliss-reactive ketones (excluding diaryl/α,β-unsaturated/α-hetero) is 1. The van der Waals surface area contributed by atoms with Gasteiger partial charge in [0, 0.05) is 12.3 Å². The lowest BCUT2D eigenvalue weighted by atomic mass is 9.96. The van der Waals surface area contributed by atoms with Crippen molar-refractivity contribution in [2.24, 2.45) is 11.8 Å². The Hall–Kier alpha value is -0.700. The molecule has 0 N–H and O–H groups in total. The topological polar surface area (TPSA) is 17.1 Å². The van der Waals surface area contributed by atoms with Crippen LogP contribution in [0, 0.1) is 17.7 Å². The van der Waals surface area contributed by atoms with E-state index in [-0.39, 0.29) is 11.7 Å². The van der Waals surface area contributed by atoms with Crippen LogP contribution in [0.25, 0.3) is 0 Å². The summed E-state index contributed by atoms with van der Waals surface area (Å²) in [6, 6.07) is 4.80. The molecule has 1 aromatic rings. The summed E-state index contributed by atoms with van der Waals surface area (Å²) in [5, 5.41) is 0. The second-order valence-electron chi connectivity index (χ2n) is 5.01. The summed E-state index contributed by atoms with van der Waals surface area (Å²) in [5.41, 5.74) is 0.892. The molecule has 0 bridgehead atoms. The van der Waals surface area contributed by atoms with Crippen molar-refractivity contribution in [2.75, 3.05) is 0 Å². The number of carbonyl (C=O) groups excluding carboxylic acids is 1. The normalized spacial score (nSPS) is 23.9. The highest BCUT2D eigenvalue weighted by Gasteiger charge is 2.27. The second-order valence-corrected chi connectivity index (χ2v) is 5.86. The Morgan fingerprint density at radius 1 is 1.47 bits per heavy atom. The smallest absolute Gasteiger partial charge is 0.140 e. The molecule has 0 radical (unpaired) electrons. The highest BCUT2D eigenvalue weighted by molar-refractivity contribution is 9.10. The average Bonchev–Trinajstić information content (AvgIpc) is 2.70. The minimum absolute atomic E-state index is 0.217. The highest BCUT2D eigenvalue weighted by atomic mass is 79.9. The van der Waals surface area contributed by atoms with Gasteiger partial charge in [0.1, 0.15) is 11.6 Å². The van der Waals surface area contributed by atoms with Crippen LogP contribution in [0.3, 0.4) is 0 Å². The van der Waals surface area contributed by atoms with Gasteiger partial charge in [-0.05, 0) is 58.8 Å². The molecule has 17 heavy (non-hydrogen) atoms. The first-order valence-corrected chi connectivity index (χ1v) is 6.82. The van der Waals surface area contributed by atoms with Gasteiger partial charge in [-0.3, -0.25) is 4.79 Å². The van der Waals surface area contributed by atoms with Gasteiger partial charge in [-0.2, -0.15) is 0 Å². The first-order chi connectivity index (χ1) is 8.06. The summed E-state index contributed by atoms with van der Waals surface area (Å²) < 4.78 is 13.5. The van der Waals surface area contributed by atoms with E-state index in [0.29, 0.717) is 22.6 Å². The Kier molecular flexibility index (Phi) is 3.97. The van der Waals surface area contributed by atoms with Crippen molar-refractivity contribution in [1.29, 1.82) is 0 Å². The van der Waals surface area contributed by atoms with Crippen molar-refractivity contribution in [3.05, 3.63) is 34.1 Å². The van der Waals surface area contributed by atoms with Crippen LogP contribution in [-0.2, 0) is 11.2 Å². The zero-order valence-electron chi connectivity index (χ0n) is 9.88. The van der Waals surface area contributed by atoms with Crippen LogP contribution < -0.4 is 0 Å². The van der Waals surface area contributed by atoms with Gasteiger partial charge in [0.2, 0.25) is 0 Å². The van der Waals surface area contributed by atoms with Crippen molar-refractivity contribution in [3.8, 4) is 0 Å². The zero-order chi connectivity index (χ0) is 12.4. The maximum atomic E-state index is 13.1. The molecule has 3 heteroatoms. The van der Waals surface area contributed by atoms with Crippen molar-refractivity contribution in [2.45, 2.75) is 32.6 Å². The van der Waals surface area contributed by atoms with E-state index in [2.05, 4.69) is 22.9 Å². The predicted molar refractivity (Wildman–Crippen MR) is 69.3 cm³/mol. The van der Waals surface area contributed by atoms with E-state index in [4.69, 9.17) is 0 Å². The third-order valence-corrected chi connectivity index (χ3v) is 4.12. The van der Waals surface area contributed by atoms with Crippen LogP contribution in [0.2, 0.25) is 0 Å². The first-order valence-electron chi connectivity index (χ1n) is 6.03. The number of hydrogen-bond donors (Lipinski definition) is 0. The molecular formula is C14H16BrFO. The molecule has 0 amide bonds. The van der Waals surface area contributed by atoms with Crippen LogP contribution in [0.4, 0.5) is 4.39 Å². The quantitative estimate of drug-likeness (QED) is 0.820. The monoisotopic (exact) mass is 298 g/mol. The second kappa shape index (κ2) is 5.30. The maximum absolute atomic E-state index is 13.1. The first kappa shape index (κ1) is 12.7. The van der Waals surface area contributed by atoms with Gasteiger partial charge < -0.3 is 0 Å². The van der Waals surface area contributed by atoms with Crippen molar-refractivity contribution in [3.63, 3.8) is 0 Å². The lowest BCUT2D eigenvalue weighted by Gasteiger charge is -2.08. The van der Waals surface area contributed by atoms with E-state index in [9.17, 15) is 9.18 Å². The van der Waals surface area contributed by atoms with Crippen LogP contribution in [0.15, 0.2) is 22.7 Å². The fraction of sp³-hybridized carbons (Fsp3) is 0.500. The molecule has 1 saturated carbocycles. The largest absolute Gasteiger partial charge is 0.299 e. The number of ketones is 1. The molecule has 1 nitrogen and oxygen atoms in total. The average molecular weight is 299 g/mol. The van der Waals surface area contributed by atoms with Gasteiger partial charge in [-0.25, -0.2) is 4.39 Å². The summed E-state index contributed by atoms with van der Waals surface area (Å²) in [4.78, 5) is 12.0. The van der Waals surface area contributed by atoms with Crippen molar-refractivity contribution >= 4 is 21.7 Å². The zero-order valence-corrected chi connectivity index (χ0v) is 11.5. The highest BCUT2D eigenvalue weighted by Crippen LogP contribution is 2.31. The van der Waals surface area contributed by atoms with Crippen molar-refractivity contribution in [1.82, 2.24) is 0 Å². The van der Waals surface area contributed by atoms with E-state index in [1.165, 1.54) is 6.07 Å². The van der Waals surface area contributed by atoms with E-state index >= 15 is 0 Å². The van der Waals surface area contributed by atoms with E-state index in [0.717, 1.165) is 24.8 Å². The molecule has 92 valence electrons. The van der Waals surface area contributed by atoms with Crippen LogP contribution in [-0.4, -0.2) is 5.78 Å². The Balaban J connectivity index is 2.00. The fourth-order valence-electron chi connectivity index (χ4n) is 2.49. The van der Waals surface area contributed by atoms with Crippen LogP contribution in [0.5, 0.6) is 0 Å². The number of benzene rings is 1. The molecular weight excluding hydrogens is 283 g/mol. The fourth-order valence-corrected chi connectivity index (χ4v) is 2.92. The lowest BCUT2D eigenvalue weighted by Crippen LogP contribution is -2.14. The van der Waals surface area contributed by atoms with E-state index in [1.807, 2.05) is 0 Å². The third kappa shape index (κ3) is 3.15. The molecule has 1 aliphatic carbocycles. The molecule has 0 aliphatic heterocycles. The summed E-state index contributed by atoms with van der Waals surface area (Å²) in [5.74, 6) is 0.904. The Bertz CT molecular complexity index is 430. The number of carbonyl (C=O) groups is 1. The number of rotatable bonds is 3. The summed E-state index contributed by atoms with van der Waals surface area (Å²) in [7, 11) is 0. The molecule has 2 unspecified atom stereocenters. The molecule has 0 saturated heterocycles. The third-order valence-electron chi connectivity index (χ3n) is 3.51. The minimum Gasteiger partial charge on any atom is -0.299 e. The molecule has 2 atom stereocenters. The Labute approximate surface area is 110 Å². The van der Waals surface area contributed by atoms with Gasteiger partial charge in [0.25, 0.3) is 0 Å². The molecule has 1 aromatic carbocycles. The molecule has 0 aromatic heterocycles. The van der Waals surface area contributed by atoms with Gasteiger partial charge in [0.15, 0.2) is 0 Å². The maximum Gasteiger partial charge on any atom is 0.140 e. The SMILES string of the molecule is CC1CCC(C(=O)Cc2ccc(F)c(Br)c2)C1. The Morgan fingerprint density at radius 2 is 2.24 bits per heavy atom. The van der Waals surface area contributed by atoms with Gasteiger partial charge in [-0.1, -0.05) is 13.0 Å². The molecule has 2 rings (SSSR count). The molecule has 0 heterocycles. The van der Waals surface area contributed by atoms with E-state index < -0.39 is 0 Å². The molecule has 1 aliphatic rings. The molecule has 1 fully saturated rings. The van der Waals surface area contributed by atoms with Gasteiger partial charge >= 0.3 is 0 Å². The van der Waals surface area contributed by atoms with Gasteiger partial charge in [-0.15, -0.1) is 0 Å². The predicted octanol–water partition coefficient (Wildman–Crippen LogP) is 4.14. The van der Waals surface area contributed by atoms with E-state index in [1.54, 1.807) is 12.1 Å². The lowest BCUT2D eigenvalue weighted by molar-refractivity contribution is -0.122. The summed E-state index contributed by atoms with van der Waals surface area (Å²) >= 11 is 3.14. The van der Waals surface area contributed by atoms with Crippen LogP contribution >= 0.6 is 15.9 Å². The van der Waals surface area contributed by atoms with Crippen LogP contribution in [0.1, 0.15) is 31.7 Å². The van der Waals surface area contributed by atoms with Crippen molar-refractivity contribution < 1.29 is 9.18 Å². The molecule has 0 spiro atoms. The summed E-state index contributed by atoms with van der Waals surface area (Å²) in [6.45, 7) is 2.20.